The number of hydrogen-bond donors (Lipinski definition) is 0. The van der Waals surface area contributed by atoms with Crippen LogP contribution < -0.4 is 4.74 Å². The number of benzene rings is 1. The van der Waals surface area contributed by atoms with Gasteiger partial charge in [0.15, 0.2) is 37.1 Å². The smallest absolute Gasteiger partial charge is 0.344 e. The van der Waals surface area contributed by atoms with Crippen molar-refractivity contribution < 1.29 is 95.2 Å². The fourth-order valence-electron chi connectivity index (χ4n) is 6.11. The van der Waals surface area contributed by atoms with Gasteiger partial charge in [-0.05, 0) is 46.9 Å². The Morgan fingerprint density at radius 3 is 1.42 bits per heavy atom. The van der Waals surface area contributed by atoms with Gasteiger partial charge >= 0.3 is 47.8 Å². The van der Waals surface area contributed by atoms with Crippen molar-refractivity contribution in [1.29, 1.82) is 0 Å². The Kier molecular flexibility index (Phi) is 22.6. The molecule has 0 amide bonds. The van der Waals surface area contributed by atoms with Gasteiger partial charge in [0.05, 0.1) is 41.4 Å². The molecule has 0 aromatic heterocycles. The minimum atomic E-state index is -2.62. The lowest BCUT2D eigenvalue weighted by atomic mass is 9.96. The van der Waals surface area contributed by atoms with Crippen LogP contribution in [0.3, 0.4) is 0 Å². The first-order valence-electron chi connectivity index (χ1n) is 23.1. The highest BCUT2D eigenvalue weighted by Gasteiger charge is 2.65. The van der Waals surface area contributed by atoms with Crippen molar-refractivity contribution in [2.24, 2.45) is 41.4 Å². The third-order valence-electron chi connectivity index (χ3n) is 10.3. The van der Waals surface area contributed by atoms with Gasteiger partial charge in [-0.15, -0.1) is 0 Å². The monoisotopic (exact) mass is 1090 g/mol. The molecule has 2 fully saturated rings. The molecule has 0 bridgehead atoms. The van der Waals surface area contributed by atoms with Gasteiger partial charge in [-0.2, -0.15) is 0 Å². The lowest BCUT2D eigenvalue weighted by Crippen LogP contribution is -2.66. The van der Waals surface area contributed by atoms with Crippen molar-refractivity contribution in [3.8, 4) is 5.75 Å². The maximum Gasteiger partial charge on any atom is 0.344 e. The largest absolute Gasteiger partial charge is 0.482 e. The van der Waals surface area contributed by atoms with Gasteiger partial charge in [0, 0.05) is 3.57 Å². The minimum Gasteiger partial charge on any atom is -0.482 e. The maximum atomic E-state index is 13.7. The average molecular weight is 1090 g/mol. The standard InChI is InChI=1S/C48H69IO20/c1-23(2)40(51)60-19-32-35(63-42(53)25(5)6)37(65-44(55)27(9)10)38(66-45(56)28(11)12)47(62-32)69-48(22-61-41(52)24(3)4)39(67-46(57)29(13)14)36(64-43(54)26(7)8)33(68-48)20-59-34(50)21-58-31-17-15-30(49)16-18-31/h15-18,23-29,32-33,35-39,47H,19-22H2,1-14H3/t32?,33-,35-,36?,37+,38?,39-,47-,48+/m1/s1/i49-2. The van der Waals surface area contributed by atoms with Crippen LogP contribution in [0.4, 0.5) is 0 Å². The Morgan fingerprint density at radius 1 is 0.507 bits per heavy atom. The average Bonchev–Trinajstić information content (AvgIpc) is 3.55. The highest BCUT2D eigenvalue weighted by atomic mass is 125. The third kappa shape index (κ3) is 17.0. The van der Waals surface area contributed by atoms with Crippen molar-refractivity contribution >= 4 is 70.3 Å². The van der Waals surface area contributed by atoms with Gasteiger partial charge in [0.25, 0.3) is 0 Å². The molecule has 21 heteroatoms. The van der Waals surface area contributed by atoms with Gasteiger partial charge in [0.2, 0.25) is 12.1 Å². The summed E-state index contributed by atoms with van der Waals surface area (Å²) in [5.41, 5.74) is 0. The summed E-state index contributed by atoms with van der Waals surface area (Å²) in [6.07, 6.45) is -14.0. The van der Waals surface area contributed by atoms with Crippen LogP contribution in [-0.4, -0.2) is 129 Å². The summed E-state index contributed by atoms with van der Waals surface area (Å²) in [5, 5.41) is 0. The first kappa shape index (κ1) is 58.7. The lowest BCUT2D eigenvalue weighted by Gasteiger charge is -2.47. The van der Waals surface area contributed by atoms with E-state index in [4.69, 9.17) is 56.8 Å². The molecule has 2 aliphatic rings. The van der Waals surface area contributed by atoms with E-state index in [1.54, 1.807) is 52.0 Å². The van der Waals surface area contributed by atoms with Crippen LogP contribution in [0.2, 0.25) is 0 Å². The predicted octanol–water partition coefficient (Wildman–Crippen LogP) is 5.29. The molecular weight excluding hydrogens is 1020 g/mol. The number of rotatable bonds is 23. The van der Waals surface area contributed by atoms with Gasteiger partial charge in [0.1, 0.15) is 37.8 Å². The number of carbonyl (C=O) groups is 8. The van der Waals surface area contributed by atoms with Crippen LogP contribution >= 0.6 is 22.6 Å². The van der Waals surface area contributed by atoms with Crippen LogP contribution in [0.15, 0.2) is 24.3 Å². The Labute approximate surface area is 417 Å². The second-order valence-corrected chi connectivity index (χ2v) is 20.1. The van der Waals surface area contributed by atoms with E-state index in [9.17, 15) is 38.4 Å². The molecule has 3 rings (SSSR count). The molecule has 3 unspecified atom stereocenters. The molecule has 2 aliphatic heterocycles. The van der Waals surface area contributed by atoms with E-state index in [1.165, 1.54) is 69.2 Å². The van der Waals surface area contributed by atoms with Crippen molar-refractivity contribution in [2.75, 3.05) is 26.4 Å². The summed E-state index contributed by atoms with van der Waals surface area (Å²) in [7, 11) is 0. The summed E-state index contributed by atoms with van der Waals surface area (Å²) in [4.78, 5) is 107. The van der Waals surface area contributed by atoms with Crippen molar-refractivity contribution in [1.82, 2.24) is 0 Å². The fourth-order valence-corrected chi connectivity index (χ4v) is 6.47. The van der Waals surface area contributed by atoms with Crippen molar-refractivity contribution in [2.45, 2.75) is 152 Å². The quantitative estimate of drug-likeness (QED) is 0.0767. The van der Waals surface area contributed by atoms with Crippen molar-refractivity contribution in [3.63, 3.8) is 0 Å². The summed E-state index contributed by atoms with van der Waals surface area (Å²) >= 11 is 2.11. The van der Waals surface area contributed by atoms with Crippen LogP contribution in [0.1, 0.15) is 96.9 Å². The van der Waals surface area contributed by atoms with Gasteiger partial charge in [-0.3, -0.25) is 33.6 Å². The lowest BCUT2D eigenvalue weighted by molar-refractivity contribution is -0.385. The molecule has 1 aromatic rings. The SMILES string of the molecule is CC(C)C(=O)OCC1O[C@H](O[C@]2(COC(=O)C(C)C)O[C@H](COC(=O)COc3ccc([125I])cc3)C(OC(=O)C(C)C)[C@H]2OC(=O)C(C)C)C(OC(=O)C(C)C)[C@@H](OC(=O)C(C)C)[C@@H]1OC(=O)C(C)C. The number of hydrogen-bond acceptors (Lipinski definition) is 20. The number of esters is 8. The second-order valence-electron chi connectivity index (χ2n) is 18.8. The maximum absolute atomic E-state index is 13.7. The molecule has 69 heavy (non-hydrogen) atoms. The molecule has 2 saturated heterocycles. The van der Waals surface area contributed by atoms with Crippen LogP contribution in [0, 0.1) is 45.0 Å². The van der Waals surface area contributed by atoms with Gasteiger partial charge in [-0.25, -0.2) is 4.79 Å². The van der Waals surface area contributed by atoms with Crippen molar-refractivity contribution in [3.05, 3.63) is 27.8 Å². The third-order valence-corrected chi connectivity index (χ3v) is 11.0. The highest BCUT2D eigenvalue weighted by Crippen LogP contribution is 2.42. The zero-order valence-corrected chi connectivity index (χ0v) is 44.0. The van der Waals surface area contributed by atoms with E-state index < -0.39 is 170 Å². The van der Waals surface area contributed by atoms with Gasteiger partial charge in [-0.1, -0.05) is 96.9 Å². The molecule has 20 nitrogen and oxygen atoms in total. The summed E-state index contributed by atoms with van der Waals surface area (Å²) in [5.74, 6) is -14.2. The predicted molar refractivity (Wildman–Crippen MR) is 248 cm³/mol. The molecule has 0 spiro atoms. The Morgan fingerprint density at radius 2 is 0.928 bits per heavy atom. The molecule has 1 aromatic carbocycles. The van der Waals surface area contributed by atoms with Gasteiger partial charge < -0.3 is 56.8 Å². The Balaban J connectivity index is 2.35. The van der Waals surface area contributed by atoms with Crippen LogP contribution in [0.5, 0.6) is 5.75 Å². The van der Waals surface area contributed by atoms with Crippen LogP contribution in [-0.2, 0) is 90.5 Å². The van der Waals surface area contributed by atoms with E-state index in [1.807, 2.05) is 0 Å². The van der Waals surface area contributed by atoms with E-state index >= 15 is 0 Å². The first-order valence-corrected chi connectivity index (χ1v) is 24.2. The molecule has 388 valence electrons. The van der Waals surface area contributed by atoms with E-state index in [0.29, 0.717) is 5.75 Å². The molecule has 0 radical (unpaired) electrons. The Hall–Kier alpha value is -4.61. The van der Waals surface area contributed by atoms with E-state index in [-0.39, 0.29) is 0 Å². The summed E-state index contributed by atoms with van der Waals surface area (Å²) in [6.45, 7) is 18.6. The normalized spacial score (nSPS) is 24.6. The molecule has 0 N–H and O–H groups in total. The molecular formula is C48H69IO20. The number of carbonyl (C=O) groups excluding carboxylic acids is 8. The van der Waals surface area contributed by atoms with Crippen LogP contribution in [0.25, 0.3) is 0 Å². The fraction of sp³-hybridized carbons (Fsp3) is 0.708. The molecule has 0 saturated carbocycles. The second kappa shape index (κ2) is 26.6. The minimum absolute atomic E-state index is 0.365. The number of ether oxygens (including phenoxy) is 12. The molecule has 9 atom stereocenters. The zero-order chi connectivity index (χ0) is 52.1. The summed E-state index contributed by atoms with van der Waals surface area (Å²) in [6, 6.07) is 6.84. The topological polar surface area (TPSA) is 247 Å². The van der Waals surface area contributed by atoms with E-state index in [0.717, 1.165) is 3.57 Å². The van der Waals surface area contributed by atoms with E-state index in [2.05, 4.69) is 22.6 Å². The molecule has 0 aliphatic carbocycles. The highest BCUT2D eigenvalue weighted by molar-refractivity contribution is 14.1. The molecule has 2 heterocycles. The Bertz CT molecular complexity index is 1930. The summed E-state index contributed by atoms with van der Waals surface area (Å²) < 4.78 is 73.2. The number of halogens is 1. The zero-order valence-electron chi connectivity index (χ0n) is 41.8. The first-order chi connectivity index (χ1) is 32.2.